The van der Waals surface area contributed by atoms with E-state index in [4.69, 9.17) is 14.6 Å². The van der Waals surface area contributed by atoms with Gasteiger partial charge in [0, 0.05) is 17.3 Å². The molecule has 0 saturated carbocycles. The minimum Gasteiger partial charge on any atom is -0.454 e. The van der Waals surface area contributed by atoms with Crippen molar-refractivity contribution >= 4 is 22.5 Å². The van der Waals surface area contributed by atoms with E-state index in [0.717, 1.165) is 21.5 Å². The Morgan fingerprint density at radius 1 is 1.32 bits per heavy atom. The first-order valence-corrected chi connectivity index (χ1v) is 6.86. The molecular weight excluding hydrogens is 266 g/mol. The summed E-state index contributed by atoms with van der Waals surface area (Å²) in [7, 11) is 0. The Morgan fingerprint density at radius 2 is 2.11 bits per heavy atom. The molecule has 1 aliphatic rings. The number of nitrogens with zero attached hydrogens (tertiary/aromatic N) is 1. The monoisotopic (exact) mass is 279 g/mol. The van der Waals surface area contributed by atoms with E-state index in [1.54, 1.807) is 6.20 Å². The third kappa shape index (κ3) is 2.47. The number of rotatable bonds is 4. The van der Waals surface area contributed by atoms with E-state index in [1.165, 1.54) is 11.8 Å². The fourth-order valence-electron chi connectivity index (χ4n) is 1.88. The average molecular weight is 279 g/mol. The lowest BCUT2D eigenvalue weighted by Gasteiger charge is -2.08. The van der Waals surface area contributed by atoms with Gasteiger partial charge in [-0.15, -0.1) is 11.8 Å². The molecule has 0 bridgehead atoms. The van der Waals surface area contributed by atoms with E-state index >= 15 is 0 Å². The Morgan fingerprint density at radius 3 is 2.89 bits per heavy atom. The summed E-state index contributed by atoms with van der Waals surface area (Å²) in [5, 5.41) is 21.0. The van der Waals surface area contributed by atoms with Crippen molar-refractivity contribution in [3.8, 4) is 11.5 Å². The topological polar surface area (TPSA) is 71.8 Å². The highest BCUT2D eigenvalue weighted by Crippen LogP contribution is 2.38. The summed E-state index contributed by atoms with van der Waals surface area (Å²) in [5.74, 6) is 1.85. The van der Waals surface area contributed by atoms with E-state index in [0.29, 0.717) is 11.5 Å². The summed E-state index contributed by atoms with van der Waals surface area (Å²) in [6, 6.07) is 5.73. The SMILES string of the molecule is OCC(O)CSc1nccc2cc3c(cc12)OCO3. The lowest BCUT2D eigenvalue weighted by atomic mass is 10.1. The van der Waals surface area contributed by atoms with Crippen LogP contribution in [0.15, 0.2) is 29.4 Å². The maximum absolute atomic E-state index is 9.40. The zero-order chi connectivity index (χ0) is 13.2. The summed E-state index contributed by atoms with van der Waals surface area (Å²) in [4.78, 5) is 4.31. The molecule has 19 heavy (non-hydrogen) atoms. The Labute approximate surface area is 114 Å². The molecule has 2 aromatic rings. The number of hydrogen-bond acceptors (Lipinski definition) is 6. The molecule has 1 aliphatic heterocycles. The second-order valence-electron chi connectivity index (χ2n) is 4.19. The van der Waals surface area contributed by atoms with Crippen molar-refractivity contribution in [3.63, 3.8) is 0 Å². The van der Waals surface area contributed by atoms with Crippen LogP contribution in [0.4, 0.5) is 0 Å². The molecule has 6 heteroatoms. The summed E-state index contributed by atoms with van der Waals surface area (Å²) >= 11 is 1.41. The summed E-state index contributed by atoms with van der Waals surface area (Å²) in [5.41, 5.74) is 0. The van der Waals surface area contributed by atoms with Crippen molar-refractivity contribution in [2.75, 3.05) is 19.2 Å². The maximum atomic E-state index is 9.40. The van der Waals surface area contributed by atoms with E-state index < -0.39 is 6.10 Å². The lowest BCUT2D eigenvalue weighted by Crippen LogP contribution is -2.14. The Hall–Kier alpha value is -1.50. The van der Waals surface area contributed by atoms with Gasteiger partial charge >= 0.3 is 0 Å². The van der Waals surface area contributed by atoms with Crippen LogP contribution in [0.5, 0.6) is 11.5 Å². The molecule has 0 fully saturated rings. The standard InChI is InChI=1S/C13H13NO4S/c15-5-9(16)6-19-13-10-4-12-11(17-7-18-12)3-8(10)1-2-14-13/h1-4,9,15-16H,5-7H2. The predicted molar refractivity (Wildman–Crippen MR) is 71.7 cm³/mol. The molecule has 0 radical (unpaired) electrons. The predicted octanol–water partition coefficient (Wildman–Crippen LogP) is 1.41. The number of aliphatic hydroxyl groups is 2. The summed E-state index contributed by atoms with van der Waals surface area (Å²) in [6.45, 7) is -0.00506. The second-order valence-corrected chi connectivity index (χ2v) is 5.20. The van der Waals surface area contributed by atoms with Gasteiger partial charge in [-0.3, -0.25) is 0 Å². The molecule has 1 unspecified atom stereocenters. The van der Waals surface area contributed by atoms with Crippen LogP contribution in [-0.2, 0) is 0 Å². The van der Waals surface area contributed by atoms with Crippen LogP contribution in [-0.4, -0.2) is 40.5 Å². The van der Waals surface area contributed by atoms with Gasteiger partial charge in [0.15, 0.2) is 11.5 Å². The van der Waals surface area contributed by atoms with Crippen molar-refractivity contribution in [1.29, 1.82) is 0 Å². The summed E-state index contributed by atoms with van der Waals surface area (Å²) in [6.07, 6.45) is 0.981. The molecule has 2 N–H and O–H groups in total. The number of aromatic nitrogens is 1. The van der Waals surface area contributed by atoms with Crippen LogP contribution in [0.1, 0.15) is 0 Å². The van der Waals surface area contributed by atoms with Crippen LogP contribution in [0.25, 0.3) is 10.8 Å². The molecule has 1 atom stereocenters. The Bertz CT molecular complexity index is 604. The second kappa shape index (κ2) is 5.24. The highest BCUT2D eigenvalue weighted by molar-refractivity contribution is 7.99. The van der Waals surface area contributed by atoms with Gasteiger partial charge in [0.25, 0.3) is 0 Å². The maximum Gasteiger partial charge on any atom is 0.231 e. The van der Waals surface area contributed by atoms with Crippen LogP contribution >= 0.6 is 11.8 Å². The Kier molecular flexibility index (Phi) is 3.46. The smallest absolute Gasteiger partial charge is 0.231 e. The van der Waals surface area contributed by atoms with Gasteiger partial charge in [-0.1, -0.05) is 0 Å². The van der Waals surface area contributed by atoms with Gasteiger partial charge in [-0.25, -0.2) is 4.98 Å². The largest absolute Gasteiger partial charge is 0.454 e. The van der Waals surface area contributed by atoms with Crippen molar-refractivity contribution in [2.45, 2.75) is 11.1 Å². The fraction of sp³-hybridized carbons (Fsp3) is 0.308. The molecule has 1 aromatic heterocycles. The Balaban J connectivity index is 1.96. The van der Waals surface area contributed by atoms with Crippen LogP contribution in [0, 0.1) is 0 Å². The number of pyridine rings is 1. The third-order valence-electron chi connectivity index (χ3n) is 2.84. The van der Waals surface area contributed by atoms with E-state index in [9.17, 15) is 5.11 Å². The molecule has 0 spiro atoms. The highest BCUT2D eigenvalue weighted by Gasteiger charge is 2.16. The molecule has 0 amide bonds. The van der Waals surface area contributed by atoms with Gasteiger partial charge < -0.3 is 19.7 Å². The molecule has 1 aromatic carbocycles. The third-order valence-corrected chi connectivity index (χ3v) is 3.99. The molecule has 3 rings (SSSR count). The normalized spacial score (nSPS) is 14.8. The molecule has 0 aliphatic carbocycles. The van der Waals surface area contributed by atoms with Crippen LogP contribution < -0.4 is 9.47 Å². The van der Waals surface area contributed by atoms with E-state index in [1.807, 2.05) is 18.2 Å². The molecule has 100 valence electrons. The van der Waals surface area contributed by atoms with Crippen LogP contribution in [0.3, 0.4) is 0 Å². The molecular formula is C13H13NO4S. The van der Waals surface area contributed by atoms with Gasteiger partial charge in [0.1, 0.15) is 5.03 Å². The summed E-state index contributed by atoms with van der Waals surface area (Å²) < 4.78 is 10.7. The molecule has 2 heterocycles. The van der Waals surface area contributed by atoms with Crippen LogP contribution in [0.2, 0.25) is 0 Å². The number of hydrogen-bond donors (Lipinski definition) is 2. The minimum absolute atomic E-state index is 0.241. The van der Waals surface area contributed by atoms with Crippen molar-refractivity contribution in [3.05, 3.63) is 24.4 Å². The number of fused-ring (bicyclic) bond motifs is 2. The van der Waals surface area contributed by atoms with Gasteiger partial charge in [-0.2, -0.15) is 0 Å². The van der Waals surface area contributed by atoms with Crippen molar-refractivity contribution in [2.24, 2.45) is 0 Å². The fourth-order valence-corrected chi connectivity index (χ4v) is 2.80. The van der Waals surface area contributed by atoms with Gasteiger partial charge in [-0.05, 0) is 23.6 Å². The highest BCUT2D eigenvalue weighted by atomic mass is 32.2. The lowest BCUT2D eigenvalue weighted by molar-refractivity contribution is 0.113. The minimum atomic E-state index is -0.740. The number of ether oxygens (including phenoxy) is 2. The van der Waals surface area contributed by atoms with Crippen molar-refractivity contribution in [1.82, 2.24) is 4.98 Å². The van der Waals surface area contributed by atoms with Crippen molar-refractivity contribution < 1.29 is 19.7 Å². The molecule has 0 saturated heterocycles. The molecule has 5 nitrogen and oxygen atoms in total. The number of benzene rings is 1. The first-order chi connectivity index (χ1) is 9.28. The van der Waals surface area contributed by atoms with E-state index in [-0.39, 0.29) is 13.4 Å². The number of aliphatic hydroxyl groups excluding tert-OH is 2. The average Bonchev–Trinajstić information content (AvgIpc) is 2.89. The number of thioether (sulfide) groups is 1. The zero-order valence-electron chi connectivity index (χ0n) is 10.1. The quantitative estimate of drug-likeness (QED) is 0.825. The first kappa shape index (κ1) is 12.5. The first-order valence-electron chi connectivity index (χ1n) is 5.88. The zero-order valence-corrected chi connectivity index (χ0v) is 10.9. The van der Waals surface area contributed by atoms with Gasteiger partial charge in [0.2, 0.25) is 6.79 Å². The van der Waals surface area contributed by atoms with Gasteiger partial charge in [0.05, 0.1) is 12.7 Å². The van der Waals surface area contributed by atoms with E-state index in [2.05, 4.69) is 4.98 Å².